The summed E-state index contributed by atoms with van der Waals surface area (Å²) in [4.78, 5) is 20.5. The van der Waals surface area contributed by atoms with Gasteiger partial charge in [-0.3, -0.25) is 14.8 Å². The molecule has 0 saturated carbocycles. The van der Waals surface area contributed by atoms with E-state index in [9.17, 15) is 18.0 Å². The van der Waals surface area contributed by atoms with Crippen molar-refractivity contribution in [1.82, 2.24) is 9.97 Å². The molecule has 0 unspecified atom stereocenters. The number of carbonyl (C=O) groups excluding carboxylic acids is 1. The van der Waals surface area contributed by atoms with Crippen LogP contribution in [0.5, 0.6) is 0 Å². The highest BCUT2D eigenvalue weighted by molar-refractivity contribution is 6.05. The number of amides is 1. The molecule has 0 spiro atoms. The third kappa shape index (κ3) is 4.41. The van der Waals surface area contributed by atoms with E-state index in [2.05, 4.69) is 15.3 Å². The molecule has 2 aromatic carbocycles. The Bertz CT molecular complexity index is 934. The average Bonchev–Trinajstić information content (AvgIpc) is 2.59. The fourth-order valence-electron chi connectivity index (χ4n) is 2.18. The molecule has 1 amide bonds. The van der Waals surface area contributed by atoms with Crippen molar-refractivity contribution in [2.45, 2.75) is 6.18 Å². The Hall–Kier alpha value is -3.22. The van der Waals surface area contributed by atoms with E-state index in [4.69, 9.17) is 0 Å². The molecule has 3 aromatic rings. The lowest BCUT2D eigenvalue weighted by atomic mass is 10.1. The second-order valence-corrected chi connectivity index (χ2v) is 5.21. The summed E-state index contributed by atoms with van der Waals surface area (Å²) in [7, 11) is 0. The Labute approximate surface area is 141 Å². The van der Waals surface area contributed by atoms with Crippen LogP contribution in [0.1, 0.15) is 15.9 Å². The molecule has 0 bridgehead atoms. The monoisotopic (exact) mass is 343 g/mol. The largest absolute Gasteiger partial charge is 0.409 e. The van der Waals surface area contributed by atoms with Crippen LogP contribution >= 0.6 is 0 Å². The number of hydrogen-bond acceptors (Lipinski definition) is 3. The van der Waals surface area contributed by atoms with E-state index in [1.54, 1.807) is 30.6 Å². The predicted molar refractivity (Wildman–Crippen MR) is 89.0 cm³/mol. The standard InChI is InChI=1S/C18H12F3N3O/c19-18(20,21)8-7-12-1-3-13(4-2-12)17(25)24-14-5-6-15-16(11-14)23-10-9-22-15/h1-11H,(H,24,25). The molecule has 0 aliphatic heterocycles. The summed E-state index contributed by atoms with van der Waals surface area (Å²) in [6, 6.07) is 11.0. The third-order valence-electron chi connectivity index (χ3n) is 3.36. The normalized spacial score (nSPS) is 11.8. The van der Waals surface area contributed by atoms with Gasteiger partial charge < -0.3 is 5.32 Å². The molecule has 25 heavy (non-hydrogen) atoms. The van der Waals surface area contributed by atoms with Crippen LogP contribution in [0.25, 0.3) is 17.1 Å². The van der Waals surface area contributed by atoms with Gasteiger partial charge in [0.05, 0.1) is 11.0 Å². The van der Waals surface area contributed by atoms with Crippen molar-refractivity contribution < 1.29 is 18.0 Å². The number of nitrogens with zero attached hydrogens (tertiary/aromatic N) is 2. The van der Waals surface area contributed by atoms with E-state index < -0.39 is 6.18 Å². The van der Waals surface area contributed by atoms with Crippen LogP contribution in [0.15, 0.2) is 60.9 Å². The van der Waals surface area contributed by atoms with Crippen LogP contribution in [0.4, 0.5) is 18.9 Å². The first kappa shape index (κ1) is 16.6. The number of rotatable bonds is 3. The van der Waals surface area contributed by atoms with Gasteiger partial charge in [0.15, 0.2) is 0 Å². The van der Waals surface area contributed by atoms with Gasteiger partial charge in [-0.05, 0) is 35.9 Å². The molecule has 1 aromatic heterocycles. The molecular formula is C18H12F3N3O. The first-order valence-corrected chi connectivity index (χ1v) is 7.29. The summed E-state index contributed by atoms with van der Waals surface area (Å²) in [6.45, 7) is 0. The number of halogens is 3. The predicted octanol–water partition coefficient (Wildman–Crippen LogP) is 4.46. The molecule has 126 valence electrons. The van der Waals surface area contributed by atoms with Gasteiger partial charge in [0.25, 0.3) is 5.91 Å². The summed E-state index contributed by atoms with van der Waals surface area (Å²) in [6.07, 6.45) is -0.132. The molecular weight excluding hydrogens is 331 g/mol. The number of hydrogen-bond donors (Lipinski definition) is 1. The summed E-state index contributed by atoms with van der Waals surface area (Å²) < 4.78 is 36.4. The minimum absolute atomic E-state index is 0.151. The fraction of sp³-hybridized carbons (Fsp3) is 0.0556. The van der Waals surface area contributed by atoms with Crippen LogP contribution in [0, 0.1) is 0 Å². The van der Waals surface area contributed by atoms with E-state index >= 15 is 0 Å². The summed E-state index contributed by atoms with van der Waals surface area (Å²) in [5.74, 6) is -0.366. The number of aromatic nitrogens is 2. The number of fused-ring (bicyclic) bond motifs is 1. The number of alkyl halides is 3. The van der Waals surface area contributed by atoms with Gasteiger partial charge in [-0.25, -0.2) is 0 Å². The molecule has 0 aliphatic carbocycles. The van der Waals surface area contributed by atoms with Crippen LogP contribution in [0.2, 0.25) is 0 Å². The maximum Gasteiger partial charge on any atom is 0.409 e. The van der Waals surface area contributed by atoms with Crippen molar-refractivity contribution in [3.63, 3.8) is 0 Å². The first-order chi connectivity index (χ1) is 11.9. The zero-order valence-electron chi connectivity index (χ0n) is 12.8. The van der Waals surface area contributed by atoms with E-state index in [-0.39, 0.29) is 12.0 Å². The van der Waals surface area contributed by atoms with Crippen molar-refractivity contribution in [2.75, 3.05) is 5.32 Å². The smallest absolute Gasteiger partial charge is 0.322 e. The molecule has 1 N–H and O–H groups in total. The minimum Gasteiger partial charge on any atom is -0.322 e. The van der Waals surface area contributed by atoms with Crippen LogP contribution in [-0.2, 0) is 0 Å². The molecule has 0 aliphatic rings. The molecule has 1 heterocycles. The summed E-state index contributed by atoms with van der Waals surface area (Å²) in [5, 5.41) is 2.72. The van der Waals surface area contributed by atoms with E-state index in [0.717, 1.165) is 6.08 Å². The highest BCUT2D eigenvalue weighted by atomic mass is 19.4. The van der Waals surface area contributed by atoms with Crippen molar-refractivity contribution >= 4 is 28.7 Å². The van der Waals surface area contributed by atoms with Gasteiger partial charge in [-0.2, -0.15) is 13.2 Å². The van der Waals surface area contributed by atoms with E-state index in [0.29, 0.717) is 27.8 Å². The van der Waals surface area contributed by atoms with Crippen molar-refractivity contribution in [3.05, 3.63) is 72.1 Å². The molecule has 7 heteroatoms. The SMILES string of the molecule is O=C(Nc1ccc2nccnc2c1)c1ccc(C=CC(F)(F)F)cc1. The van der Waals surface area contributed by atoms with Gasteiger partial charge >= 0.3 is 6.18 Å². The maximum absolute atomic E-state index is 12.2. The number of anilines is 1. The average molecular weight is 343 g/mol. The highest BCUT2D eigenvalue weighted by Gasteiger charge is 2.21. The van der Waals surface area contributed by atoms with Gasteiger partial charge in [-0.15, -0.1) is 0 Å². The molecule has 0 radical (unpaired) electrons. The van der Waals surface area contributed by atoms with Crippen molar-refractivity contribution in [3.8, 4) is 0 Å². The van der Waals surface area contributed by atoms with Gasteiger partial charge in [0, 0.05) is 29.7 Å². The Morgan fingerprint density at radius 1 is 0.960 bits per heavy atom. The van der Waals surface area contributed by atoms with E-state index in [1.807, 2.05) is 0 Å². The second kappa shape index (κ2) is 6.72. The zero-order chi connectivity index (χ0) is 17.9. The van der Waals surface area contributed by atoms with Gasteiger partial charge in [0.1, 0.15) is 0 Å². The van der Waals surface area contributed by atoms with Crippen LogP contribution < -0.4 is 5.32 Å². The van der Waals surface area contributed by atoms with Gasteiger partial charge in [-0.1, -0.05) is 18.2 Å². The van der Waals surface area contributed by atoms with Crippen LogP contribution in [-0.4, -0.2) is 22.1 Å². The lowest BCUT2D eigenvalue weighted by Crippen LogP contribution is -2.11. The first-order valence-electron chi connectivity index (χ1n) is 7.29. The summed E-state index contributed by atoms with van der Waals surface area (Å²) in [5.41, 5.74) is 2.60. The number of benzene rings is 2. The van der Waals surface area contributed by atoms with E-state index in [1.165, 1.54) is 24.3 Å². The van der Waals surface area contributed by atoms with Crippen molar-refractivity contribution in [2.24, 2.45) is 0 Å². The number of nitrogens with one attached hydrogen (secondary N) is 1. The number of allylic oxidation sites excluding steroid dienone is 1. The second-order valence-electron chi connectivity index (χ2n) is 5.21. The maximum atomic E-state index is 12.2. The minimum atomic E-state index is -4.37. The topological polar surface area (TPSA) is 54.9 Å². The number of carbonyl (C=O) groups is 1. The Morgan fingerprint density at radius 3 is 2.32 bits per heavy atom. The fourth-order valence-corrected chi connectivity index (χ4v) is 2.18. The molecule has 0 atom stereocenters. The molecule has 4 nitrogen and oxygen atoms in total. The third-order valence-corrected chi connectivity index (χ3v) is 3.36. The zero-order valence-corrected chi connectivity index (χ0v) is 12.8. The Morgan fingerprint density at radius 2 is 1.64 bits per heavy atom. The lowest BCUT2D eigenvalue weighted by molar-refractivity contribution is -0.0790. The van der Waals surface area contributed by atoms with Gasteiger partial charge in [0.2, 0.25) is 0 Å². The lowest BCUT2D eigenvalue weighted by Gasteiger charge is -2.06. The summed E-state index contributed by atoms with van der Waals surface area (Å²) >= 11 is 0. The molecule has 3 rings (SSSR count). The Balaban J connectivity index is 1.73. The molecule has 0 saturated heterocycles. The Kier molecular flexibility index (Phi) is 4.47. The van der Waals surface area contributed by atoms with Crippen LogP contribution in [0.3, 0.4) is 0 Å². The van der Waals surface area contributed by atoms with Crippen molar-refractivity contribution in [1.29, 1.82) is 0 Å². The quantitative estimate of drug-likeness (QED) is 0.764. The highest BCUT2D eigenvalue weighted by Crippen LogP contribution is 2.19. The molecule has 0 fully saturated rings.